The molecule has 0 radical (unpaired) electrons. The molecule has 0 saturated carbocycles. The Morgan fingerprint density at radius 1 is 1.31 bits per heavy atom. The third kappa shape index (κ3) is 2.59. The summed E-state index contributed by atoms with van der Waals surface area (Å²) in [6.07, 6.45) is 3.88. The van der Waals surface area contributed by atoms with E-state index in [1.54, 1.807) is 0 Å². The standard InChI is InChI=1S/C9H18N4/c1-2-4-10-7-8(3-1)13-9-11-5-6-12-9/h8,10H,1-7H2,(H2,11,12,13). The van der Waals surface area contributed by atoms with Gasteiger partial charge in [-0.2, -0.15) is 0 Å². The summed E-state index contributed by atoms with van der Waals surface area (Å²) < 4.78 is 0. The summed E-state index contributed by atoms with van der Waals surface area (Å²) in [6.45, 7) is 4.14. The van der Waals surface area contributed by atoms with Crippen molar-refractivity contribution in [3.05, 3.63) is 0 Å². The maximum Gasteiger partial charge on any atom is 0.191 e. The molecule has 3 N–H and O–H groups in total. The van der Waals surface area contributed by atoms with E-state index in [2.05, 4.69) is 20.9 Å². The van der Waals surface area contributed by atoms with Gasteiger partial charge in [0.2, 0.25) is 0 Å². The molecule has 13 heavy (non-hydrogen) atoms. The molecular formula is C9H18N4. The summed E-state index contributed by atoms with van der Waals surface area (Å²) in [6, 6.07) is 0.562. The average Bonchev–Trinajstić information content (AvgIpc) is 2.49. The fourth-order valence-electron chi connectivity index (χ4n) is 1.83. The van der Waals surface area contributed by atoms with Gasteiger partial charge in [0.1, 0.15) is 0 Å². The SMILES string of the molecule is C1CCC(NC2=NCCN2)CNC1. The van der Waals surface area contributed by atoms with Gasteiger partial charge >= 0.3 is 0 Å². The molecule has 0 amide bonds. The first kappa shape index (κ1) is 8.81. The predicted molar refractivity (Wildman–Crippen MR) is 53.9 cm³/mol. The molecule has 0 aromatic rings. The molecule has 1 fully saturated rings. The van der Waals surface area contributed by atoms with Crippen LogP contribution in [0.4, 0.5) is 0 Å². The second-order valence-corrected chi connectivity index (χ2v) is 3.70. The highest BCUT2D eigenvalue weighted by molar-refractivity contribution is 5.81. The first-order valence-corrected chi connectivity index (χ1v) is 5.21. The van der Waals surface area contributed by atoms with Crippen molar-refractivity contribution < 1.29 is 0 Å². The van der Waals surface area contributed by atoms with Crippen molar-refractivity contribution in [2.75, 3.05) is 26.2 Å². The normalized spacial score (nSPS) is 28.9. The molecule has 2 aliphatic rings. The van der Waals surface area contributed by atoms with Crippen molar-refractivity contribution in [1.29, 1.82) is 0 Å². The third-order valence-electron chi connectivity index (χ3n) is 2.56. The molecule has 0 aromatic carbocycles. The molecular weight excluding hydrogens is 164 g/mol. The molecule has 74 valence electrons. The van der Waals surface area contributed by atoms with E-state index in [1.165, 1.54) is 19.3 Å². The molecule has 1 unspecified atom stereocenters. The Labute approximate surface area is 79.2 Å². The van der Waals surface area contributed by atoms with E-state index in [-0.39, 0.29) is 0 Å². The topological polar surface area (TPSA) is 48.5 Å². The zero-order valence-corrected chi connectivity index (χ0v) is 7.97. The lowest BCUT2D eigenvalue weighted by Gasteiger charge is -2.17. The van der Waals surface area contributed by atoms with E-state index in [1.807, 2.05) is 0 Å². The molecule has 2 aliphatic heterocycles. The number of aliphatic imine (C=N–C) groups is 1. The van der Waals surface area contributed by atoms with Crippen molar-refractivity contribution in [3.63, 3.8) is 0 Å². The van der Waals surface area contributed by atoms with Crippen molar-refractivity contribution in [2.45, 2.75) is 25.3 Å². The Kier molecular flexibility index (Phi) is 3.02. The second-order valence-electron chi connectivity index (χ2n) is 3.70. The van der Waals surface area contributed by atoms with Gasteiger partial charge in [0, 0.05) is 19.1 Å². The minimum absolute atomic E-state index is 0.562. The van der Waals surface area contributed by atoms with Gasteiger partial charge in [0.25, 0.3) is 0 Å². The number of nitrogens with one attached hydrogen (secondary N) is 3. The van der Waals surface area contributed by atoms with Gasteiger partial charge in [-0.3, -0.25) is 4.99 Å². The summed E-state index contributed by atoms with van der Waals surface area (Å²) in [5.41, 5.74) is 0. The molecule has 0 aliphatic carbocycles. The van der Waals surface area contributed by atoms with Crippen LogP contribution in [0.25, 0.3) is 0 Å². The zero-order valence-electron chi connectivity index (χ0n) is 7.97. The van der Waals surface area contributed by atoms with Gasteiger partial charge in [-0.25, -0.2) is 0 Å². The van der Waals surface area contributed by atoms with Gasteiger partial charge < -0.3 is 16.0 Å². The van der Waals surface area contributed by atoms with Crippen LogP contribution < -0.4 is 16.0 Å². The van der Waals surface area contributed by atoms with Crippen molar-refractivity contribution in [3.8, 4) is 0 Å². The molecule has 0 aromatic heterocycles. The van der Waals surface area contributed by atoms with Gasteiger partial charge in [0.05, 0.1) is 6.54 Å². The van der Waals surface area contributed by atoms with E-state index in [0.717, 1.165) is 32.1 Å². The largest absolute Gasteiger partial charge is 0.355 e. The van der Waals surface area contributed by atoms with Crippen LogP contribution >= 0.6 is 0 Å². The van der Waals surface area contributed by atoms with Crippen LogP contribution in [0.1, 0.15) is 19.3 Å². The van der Waals surface area contributed by atoms with Gasteiger partial charge in [0.15, 0.2) is 5.96 Å². The quantitative estimate of drug-likeness (QED) is 0.521. The average molecular weight is 182 g/mol. The number of hydrogen-bond acceptors (Lipinski definition) is 4. The lowest BCUT2D eigenvalue weighted by atomic mass is 10.1. The predicted octanol–water partition coefficient (Wildman–Crippen LogP) is -0.323. The van der Waals surface area contributed by atoms with E-state index < -0.39 is 0 Å². The van der Waals surface area contributed by atoms with Crippen LogP contribution in [0.3, 0.4) is 0 Å². The third-order valence-corrected chi connectivity index (χ3v) is 2.56. The maximum absolute atomic E-state index is 4.33. The van der Waals surface area contributed by atoms with Crippen LogP contribution in [0, 0.1) is 0 Å². The van der Waals surface area contributed by atoms with E-state index in [4.69, 9.17) is 0 Å². The Balaban J connectivity index is 1.78. The minimum atomic E-state index is 0.562. The Bertz CT molecular complexity index is 182. The van der Waals surface area contributed by atoms with Gasteiger partial charge in [-0.1, -0.05) is 6.42 Å². The van der Waals surface area contributed by atoms with E-state index >= 15 is 0 Å². The first-order valence-electron chi connectivity index (χ1n) is 5.21. The number of rotatable bonds is 1. The summed E-state index contributed by atoms with van der Waals surface area (Å²) >= 11 is 0. The zero-order chi connectivity index (χ0) is 8.93. The maximum atomic E-state index is 4.33. The molecule has 1 atom stereocenters. The summed E-state index contributed by atoms with van der Waals surface area (Å²) in [4.78, 5) is 4.33. The highest BCUT2D eigenvalue weighted by Gasteiger charge is 2.14. The Morgan fingerprint density at radius 2 is 2.31 bits per heavy atom. The molecule has 4 heteroatoms. The molecule has 2 heterocycles. The van der Waals surface area contributed by atoms with Crippen LogP contribution in [-0.4, -0.2) is 38.2 Å². The Hall–Kier alpha value is -0.770. The van der Waals surface area contributed by atoms with Gasteiger partial charge in [-0.05, 0) is 19.4 Å². The number of guanidine groups is 1. The van der Waals surface area contributed by atoms with Crippen LogP contribution in [0.15, 0.2) is 4.99 Å². The minimum Gasteiger partial charge on any atom is -0.355 e. The summed E-state index contributed by atoms with van der Waals surface area (Å²) in [7, 11) is 0. The molecule has 1 saturated heterocycles. The number of hydrogen-bond donors (Lipinski definition) is 3. The van der Waals surface area contributed by atoms with Crippen LogP contribution in [0.2, 0.25) is 0 Å². The van der Waals surface area contributed by atoms with Crippen molar-refractivity contribution in [2.24, 2.45) is 4.99 Å². The highest BCUT2D eigenvalue weighted by atomic mass is 15.2. The van der Waals surface area contributed by atoms with Crippen LogP contribution in [-0.2, 0) is 0 Å². The molecule has 0 spiro atoms. The fraction of sp³-hybridized carbons (Fsp3) is 0.889. The molecule has 4 nitrogen and oxygen atoms in total. The van der Waals surface area contributed by atoms with E-state index in [9.17, 15) is 0 Å². The lowest BCUT2D eigenvalue weighted by Crippen LogP contribution is -2.45. The first-order chi connectivity index (χ1) is 6.45. The van der Waals surface area contributed by atoms with E-state index in [0.29, 0.717) is 6.04 Å². The highest BCUT2D eigenvalue weighted by Crippen LogP contribution is 2.03. The fourth-order valence-corrected chi connectivity index (χ4v) is 1.83. The molecule has 0 bridgehead atoms. The molecule has 2 rings (SSSR count). The number of nitrogens with zero attached hydrogens (tertiary/aromatic N) is 1. The summed E-state index contributed by atoms with van der Waals surface area (Å²) in [5, 5.41) is 10.1. The monoisotopic (exact) mass is 182 g/mol. The van der Waals surface area contributed by atoms with Gasteiger partial charge in [-0.15, -0.1) is 0 Å². The van der Waals surface area contributed by atoms with Crippen LogP contribution in [0.5, 0.6) is 0 Å². The van der Waals surface area contributed by atoms with Crippen molar-refractivity contribution >= 4 is 5.96 Å². The van der Waals surface area contributed by atoms with Crippen molar-refractivity contribution in [1.82, 2.24) is 16.0 Å². The smallest absolute Gasteiger partial charge is 0.191 e. The second kappa shape index (κ2) is 4.46. The Morgan fingerprint density at radius 3 is 3.15 bits per heavy atom. The summed E-state index contributed by atoms with van der Waals surface area (Å²) in [5.74, 6) is 0.994. The lowest BCUT2D eigenvalue weighted by molar-refractivity contribution is 0.545.